The lowest BCUT2D eigenvalue weighted by atomic mass is 10.3. The molecule has 17 heavy (non-hydrogen) atoms. The molecule has 0 aliphatic heterocycles. The number of aromatic nitrogens is 1. The molecule has 1 aliphatic carbocycles. The molecule has 94 valence electrons. The van der Waals surface area contributed by atoms with Gasteiger partial charge >= 0.3 is 0 Å². The topological polar surface area (TPSA) is 34.2 Å². The van der Waals surface area contributed by atoms with Crippen molar-refractivity contribution in [1.82, 2.24) is 4.98 Å². The van der Waals surface area contributed by atoms with Crippen molar-refractivity contribution < 1.29 is 4.74 Å². The summed E-state index contributed by atoms with van der Waals surface area (Å²) < 4.78 is 6.80. The van der Waals surface area contributed by atoms with Gasteiger partial charge in [-0.25, -0.2) is 4.98 Å². The molecular formula is C13H19BrN2O. The van der Waals surface area contributed by atoms with E-state index in [4.69, 9.17) is 4.74 Å². The third-order valence-corrected chi connectivity index (χ3v) is 3.63. The van der Waals surface area contributed by atoms with Gasteiger partial charge < -0.3 is 10.1 Å². The quantitative estimate of drug-likeness (QED) is 0.845. The number of hydrogen-bond acceptors (Lipinski definition) is 3. The molecule has 1 aromatic heterocycles. The number of anilines is 1. The minimum absolute atomic E-state index is 0.492. The van der Waals surface area contributed by atoms with Crippen LogP contribution >= 0.6 is 15.9 Å². The average Bonchev–Trinajstić information content (AvgIpc) is 2.79. The third kappa shape index (κ3) is 3.96. The predicted octanol–water partition coefficient (Wildman–Crippen LogP) is 3.52. The van der Waals surface area contributed by atoms with Crippen molar-refractivity contribution in [2.75, 3.05) is 18.5 Å². The van der Waals surface area contributed by atoms with Crippen LogP contribution in [0.4, 0.5) is 5.82 Å². The first-order valence-electron chi connectivity index (χ1n) is 6.23. The fourth-order valence-corrected chi connectivity index (χ4v) is 2.72. The Hall–Kier alpha value is -0.610. The highest BCUT2D eigenvalue weighted by atomic mass is 79.9. The summed E-state index contributed by atoms with van der Waals surface area (Å²) in [6, 6.07) is 2.06. The molecule has 1 aliphatic rings. The van der Waals surface area contributed by atoms with E-state index in [9.17, 15) is 0 Å². The molecule has 1 fully saturated rings. The molecule has 0 amide bonds. The van der Waals surface area contributed by atoms with E-state index < -0.39 is 0 Å². The predicted molar refractivity (Wildman–Crippen MR) is 73.4 cm³/mol. The summed E-state index contributed by atoms with van der Waals surface area (Å²) in [5.74, 6) is 0.894. The summed E-state index contributed by atoms with van der Waals surface area (Å²) in [5, 5.41) is 3.28. The fraction of sp³-hybridized carbons (Fsp3) is 0.615. The van der Waals surface area contributed by atoms with Crippen LogP contribution in [-0.4, -0.2) is 24.2 Å². The number of hydrogen-bond donors (Lipinski definition) is 1. The summed E-state index contributed by atoms with van der Waals surface area (Å²) >= 11 is 3.50. The van der Waals surface area contributed by atoms with Crippen LogP contribution in [0.25, 0.3) is 0 Å². The van der Waals surface area contributed by atoms with Gasteiger partial charge in [0.1, 0.15) is 5.82 Å². The highest BCUT2D eigenvalue weighted by molar-refractivity contribution is 9.10. The molecule has 3 nitrogen and oxygen atoms in total. The molecule has 0 saturated heterocycles. The number of ether oxygens (including phenoxy) is 1. The highest BCUT2D eigenvalue weighted by Gasteiger charge is 2.14. The van der Waals surface area contributed by atoms with Crippen LogP contribution in [0, 0.1) is 6.92 Å². The van der Waals surface area contributed by atoms with Crippen LogP contribution in [0.1, 0.15) is 31.2 Å². The Balaban J connectivity index is 1.70. The normalized spacial score (nSPS) is 16.4. The van der Waals surface area contributed by atoms with Crippen LogP contribution in [0.3, 0.4) is 0 Å². The van der Waals surface area contributed by atoms with E-state index in [1.54, 1.807) is 0 Å². The van der Waals surface area contributed by atoms with Crippen molar-refractivity contribution in [3.05, 3.63) is 22.3 Å². The molecule has 0 atom stereocenters. The SMILES string of the molecule is Cc1cnc(NCCOC2CCCC2)c(Br)c1. The molecule has 2 rings (SSSR count). The zero-order valence-corrected chi connectivity index (χ0v) is 11.8. The van der Waals surface area contributed by atoms with Gasteiger partial charge in [0.2, 0.25) is 0 Å². The van der Waals surface area contributed by atoms with Gasteiger partial charge in [-0.1, -0.05) is 12.8 Å². The van der Waals surface area contributed by atoms with Crippen LogP contribution in [0.5, 0.6) is 0 Å². The summed E-state index contributed by atoms with van der Waals surface area (Å²) in [6.07, 6.45) is 7.46. The highest BCUT2D eigenvalue weighted by Crippen LogP contribution is 2.21. The average molecular weight is 299 g/mol. The second-order valence-corrected chi connectivity index (χ2v) is 5.40. The van der Waals surface area contributed by atoms with Gasteiger partial charge in [-0.15, -0.1) is 0 Å². The lowest BCUT2D eigenvalue weighted by Gasteiger charge is -2.12. The molecule has 1 saturated carbocycles. The maximum absolute atomic E-state index is 5.78. The van der Waals surface area contributed by atoms with E-state index in [0.29, 0.717) is 6.10 Å². The number of rotatable bonds is 5. The number of pyridine rings is 1. The Morgan fingerprint density at radius 3 is 2.94 bits per heavy atom. The minimum atomic E-state index is 0.492. The molecular weight excluding hydrogens is 280 g/mol. The fourth-order valence-electron chi connectivity index (χ4n) is 2.11. The van der Waals surface area contributed by atoms with Crippen molar-refractivity contribution >= 4 is 21.7 Å². The van der Waals surface area contributed by atoms with Crippen molar-refractivity contribution in [1.29, 1.82) is 0 Å². The molecule has 4 heteroatoms. The maximum Gasteiger partial charge on any atom is 0.140 e. The molecule has 1 N–H and O–H groups in total. The van der Waals surface area contributed by atoms with Crippen LogP contribution in [0.15, 0.2) is 16.7 Å². The van der Waals surface area contributed by atoms with Crippen molar-refractivity contribution in [3.8, 4) is 0 Å². The molecule has 0 radical (unpaired) electrons. The van der Waals surface area contributed by atoms with Gasteiger partial charge in [-0.3, -0.25) is 0 Å². The van der Waals surface area contributed by atoms with Crippen molar-refractivity contribution in [2.45, 2.75) is 38.7 Å². The van der Waals surface area contributed by atoms with Crippen LogP contribution < -0.4 is 5.32 Å². The Morgan fingerprint density at radius 1 is 1.47 bits per heavy atom. The first-order chi connectivity index (χ1) is 8.25. The molecule has 0 unspecified atom stereocenters. The second-order valence-electron chi connectivity index (χ2n) is 4.55. The lowest BCUT2D eigenvalue weighted by Crippen LogP contribution is -2.16. The number of halogens is 1. The summed E-state index contributed by atoms with van der Waals surface area (Å²) in [5.41, 5.74) is 1.16. The van der Waals surface area contributed by atoms with Crippen molar-refractivity contribution in [2.24, 2.45) is 0 Å². The van der Waals surface area contributed by atoms with E-state index >= 15 is 0 Å². The zero-order valence-electron chi connectivity index (χ0n) is 10.2. The molecule has 1 heterocycles. The Kier molecular flexibility index (Phi) is 4.80. The smallest absolute Gasteiger partial charge is 0.140 e. The van der Waals surface area contributed by atoms with Gasteiger partial charge in [0.15, 0.2) is 0 Å². The molecule has 0 aromatic carbocycles. The van der Waals surface area contributed by atoms with Gasteiger partial charge in [0, 0.05) is 12.7 Å². The number of aryl methyl sites for hydroxylation is 1. The lowest BCUT2D eigenvalue weighted by molar-refractivity contribution is 0.0658. The van der Waals surface area contributed by atoms with E-state index in [1.807, 2.05) is 13.1 Å². The maximum atomic E-state index is 5.78. The summed E-state index contributed by atoms with van der Waals surface area (Å²) in [6.45, 7) is 3.60. The number of nitrogens with one attached hydrogen (secondary N) is 1. The van der Waals surface area contributed by atoms with Gasteiger partial charge in [-0.2, -0.15) is 0 Å². The van der Waals surface area contributed by atoms with E-state index in [0.717, 1.165) is 29.0 Å². The van der Waals surface area contributed by atoms with Crippen molar-refractivity contribution in [3.63, 3.8) is 0 Å². The Morgan fingerprint density at radius 2 is 2.24 bits per heavy atom. The zero-order chi connectivity index (χ0) is 12.1. The van der Waals surface area contributed by atoms with E-state index in [1.165, 1.54) is 25.7 Å². The molecule has 0 spiro atoms. The molecule has 1 aromatic rings. The van der Waals surface area contributed by atoms with Gasteiger partial charge in [-0.05, 0) is 47.3 Å². The monoisotopic (exact) mass is 298 g/mol. The second kappa shape index (κ2) is 6.36. The summed E-state index contributed by atoms with van der Waals surface area (Å²) in [4.78, 5) is 4.33. The Labute approximate surface area is 111 Å². The minimum Gasteiger partial charge on any atom is -0.376 e. The first kappa shape index (κ1) is 12.8. The van der Waals surface area contributed by atoms with Gasteiger partial charge in [0.25, 0.3) is 0 Å². The first-order valence-corrected chi connectivity index (χ1v) is 7.02. The Bertz CT molecular complexity index is 364. The third-order valence-electron chi connectivity index (χ3n) is 3.03. The van der Waals surface area contributed by atoms with E-state index in [2.05, 4.69) is 32.3 Å². The largest absolute Gasteiger partial charge is 0.376 e. The van der Waals surface area contributed by atoms with E-state index in [-0.39, 0.29) is 0 Å². The van der Waals surface area contributed by atoms with Crippen LogP contribution in [-0.2, 0) is 4.74 Å². The van der Waals surface area contributed by atoms with Gasteiger partial charge in [0.05, 0.1) is 17.2 Å². The molecule has 0 bridgehead atoms. The van der Waals surface area contributed by atoms with Crippen LogP contribution in [0.2, 0.25) is 0 Å². The standard InChI is InChI=1S/C13H19BrN2O/c1-10-8-12(14)13(16-9-10)15-6-7-17-11-4-2-3-5-11/h8-9,11H,2-7H2,1H3,(H,15,16). The summed E-state index contributed by atoms with van der Waals surface area (Å²) in [7, 11) is 0. The number of nitrogens with zero attached hydrogens (tertiary/aromatic N) is 1.